The predicted octanol–water partition coefficient (Wildman–Crippen LogP) is 5.08. The zero-order chi connectivity index (χ0) is 17.7. The molecular weight excluding hydrogens is 394 g/mol. The summed E-state index contributed by atoms with van der Waals surface area (Å²) in [4.78, 5) is 12.1. The van der Waals surface area contributed by atoms with E-state index in [1.54, 1.807) is 25.3 Å². The number of rotatable bonds is 5. The third-order valence-electron chi connectivity index (χ3n) is 3.34. The van der Waals surface area contributed by atoms with Crippen molar-refractivity contribution in [2.75, 3.05) is 19.5 Å². The standard InChI is InChI=1S/C18H17BrClNO3/c1-11-8-15(17(24-3)10-14(11)20)21-18(22)7-5-12-4-6-16(23-2)13(19)9-12/h4-10H,1-3H3,(H,21,22). The van der Waals surface area contributed by atoms with Crippen LogP contribution >= 0.6 is 27.5 Å². The summed E-state index contributed by atoms with van der Waals surface area (Å²) in [7, 11) is 3.13. The lowest BCUT2D eigenvalue weighted by Gasteiger charge is -2.11. The van der Waals surface area contributed by atoms with E-state index in [1.165, 1.54) is 13.2 Å². The average molecular weight is 411 g/mol. The second-order valence-corrected chi connectivity index (χ2v) is 6.28. The first-order valence-electron chi connectivity index (χ1n) is 7.11. The van der Waals surface area contributed by atoms with E-state index in [9.17, 15) is 4.79 Å². The molecular formula is C18H17BrClNO3. The van der Waals surface area contributed by atoms with Crippen molar-refractivity contribution >= 4 is 45.2 Å². The molecule has 0 aliphatic rings. The minimum absolute atomic E-state index is 0.262. The normalized spacial score (nSPS) is 10.7. The van der Waals surface area contributed by atoms with E-state index in [2.05, 4.69) is 21.2 Å². The van der Waals surface area contributed by atoms with Crippen LogP contribution in [0.2, 0.25) is 5.02 Å². The maximum atomic E-state index is 12.1. The van der Waals surface area contributed by atoms with Crippen molar-refractivity contribution in [3.8, 4) is 11.5 Å². The lowest BCUT2D eigenvalue weighted by molar-refractivity contribution is -0.111. The van der Waals surface area contributed by atoms with Gasteiger partial charge in [-0.1, -0.05) is 17.7 Å². The maximum Gasteiger partial charge on any atom is 0.248 e. The number of anilines is 1. The van der Waals surface area contributed by atoms with E-state index in [0.717, 1.165) is 21.3 Å². The Balaban J connectivity index is 2.13. The van der Waals surface area contributed by atoms with Crippen molar-refractivity contribution in [3.63, 3.8) is 0 Å². The third kappa shape index (κ3) is 4.52. The number of ether oxygens (including phenoxy) is 2. The van der Waals surface area contributed by atoms with Gasteiger partial charge in [0, 0.05) is 17.2 Å². The van der Waals surface area contributed by atoms with Gasteiger partial charge in [-0.15, -0.1) is 0 Å². The largest absolute Gasteiger partial charge is 0.496 e. The zero-order valence-corrected chi connectivity index (χ0v) is 15.9. The predicted molar refractivity (Wildman–Crippen MR) is 101 cm³/mol. The molecule has 1 amide bonds. The first kappa shape index (κ1) is 18.4. The SMILES string of the molecule is COc1ccc(C=CC(=O)Nc2cc(C)c(Cl)cc2OC)cc1Br. The molecule has 2 rings (SSSR count). The molecule has 4 nitrogen and oxygen atoms in total. The number of nitrogens with one attached hydrogen (secondary N) is 1. The first-order chi connectivity index (χ1) is 11.4. The Morgan fingerprint density at radius 3 is 2.50 bits per heavy atom. The van der Waals surface area contributed by atoms with Gasteiger partial charge in [0.2, 0.25) is 5.91 Å². The van der Waals surface area contributed by atoms with Crippen molar-refractivity contribution in [2.45, 2.75) is 6.92 Å². The van der Waals surface area contributed by atoms with Gasteiger partial charge in [-0.3, -0.25) is 4.79 Å². The van der Waals surface area contributed by atoms with Crippen LogP contribution in [0.4, 0.5) is 5.69 Å². The van der Waals surface area contributed by atoms with E-state index in [0.29, 0.717) is 16.5 Å². The molecule has 1 N–H and O–H groups in total. The van der Waals surface area contributed by atoms with Crippen LogP contribution in [0, 0.1) is 6.92 Å². The Morgan fingerprint density at radius 2 is 1.88 bits per heavy atom. The fourth-order valence-electron chi connectivity index (χ4n) is 2.06. The van der Waals surface area contributed by atoms with Gasteiger partial charge >= 0.3 is 0 Å². The van der Waals surface area contributed by atoms with E-state index < -0.39 is 0 Å². The summed E-state index contributed by atoms with van der Waals surface area (Å²) in [6, 6.07) is 9.01. The molecule has 0 atom stereocenters. The maximum absolute atomic E-state index is 12.1. The highest BCUT2D eigenvalue weighted by Crippen LogP contribution is 2.31. The highest BCUT2D eigenvalue weighted by Gasteiger charge is 2.09. The number of methoxy groups -OCH3 is 2. The summed E-state index contributed by atoms with van der Waals surface area (Å²) in [5, 5.41) is 3.38. The fraction of sp³-hybridized carbons (Fsp3) is 0.167. The molecule has 0 spiro atoms. The van der Waals surface area contributed by atoms with Crippen molar-refractivity contribution in [1.29, 1.82) is 0 Å². The van der Waals surface area contributed by atoms with Crippen LogP contribution in [0.15, 0.2) is 40.9 Å². The minimum Gasteiger partial charge on any atom is -0.496 e. The van der Waals surface area contributed by atoms with Crippen LogP contribution in [0.3, 0.4) is 0 Å². The smallest absolute Gasteiger partial charge is 0.248 e. The number of carbonyl (C=O) groups is 1. The Labute approximate surface area is 154 Å². The molecule has 0 aromatic heterocycles. The molecule has 0 heterocycles. The van der Waals surface area contributed by atoms with Crippen LogP contribution in [-0.4, -0.2) is 20.1 Å². The van der Waals surface area contributed by atoms with Gasteiger partial charge in [-0.25, -0.2) is 0 Å². The van der Waals surface area contributed by atoms with Gasteiger partial charge in [0.05, 0.1) is 24.4 Å². The molecule has 2 aromatic rings. The monoisotopic (exact) mass is 409 g/mol. The molecule has 0 radical (unpaired) electrons. The molecule has 0 unspecified atom stereocenters. The zero-order valence-electron chi connectivity index (χ0n) is 13.5. The van der Waals surface area contributed by atoms with Crippen LogP contribution in [0.25, 0.3) is 6.08 Å². The Kier molecular flexibility index (Phi) is 6.29. The highest BCUT2D eigenvalue weighted by atomic mass is 79.9. The molecule has 0 aliphatic heterocycles. The van der Waals surface area contributed by atoms with Crippen molar-refractivity contribution in [1.82, 2.24) is 0 Å². The molecule has 126 valence electrons. The van der Waals surface area contributed by atoms with Gasteiger partial charge < -0.3 is 14.8 Å². The van der Waals surface area contributed by atoms with Gasteiger partial charge in [0.25, 0.3) is 0 Å². The summed E-state index contributed by atoms with van der Waals surface area (Å²) in [6.45, 7) is 1.86. The summed E-state index contributed by atoms with van der Waals surface area (Å²) < 4.78 is 11.2. The van der Waals surface area contributed by atoms with Crippen LogP contribution in [0.5, 0.6) is 11.5 Å². The molecule has 0 fully saturated rings. The lowest BCUT2D eigenvalue weighted by Crippen LogP contribution is -2.09. The van der Waals surface area contributed by atoms with Crippen molar-refractivity contribution in [3.05, 3.63) is 57.0 Å². The summed E-state index contributed by atoms with van der Waals surface area (Å²) >= 11 is 9.47. The average Bonchev–Trinajstić information content (AvgIpc) is 2.56. The third-order valence-corrected chi connectivity index (χ3v) is 4.37. The number of aryl methyl sites for hydroxylation is 1. The number of hydrogen-bond donors (Lipinski definition) is 1. The number of carbonyl (C=O) groups excluding carboxylic acids is 1. The van der Waals surface area contributed by atoms with Crippen molar-refractivity contribution < 1.29 is 14.3 Å². The molecule has 0 saturated heterocycles. The molecule has 0 saturated carbocycles. The Hall–Kier alpha value is -1.98. The summed E-state index contributed by atoms with van der Waals surface area (Å²) in [6.07, 6.45) is 3.17. The number of hydrogen-bond acceptors (Lipinski definition) is 3. The van der Waals surface area contributed by atoms with E-state index in [1.807, 2.05) is 25.1 Å². The van der Waals surface area contributed by atoms with E-state index in [-0.39, 0.29) is 5.91 Å². The lowest BCUT2D eigenvalue weighted by atomic mass is 10.2. The van der Waals surface area contributed by atoms with Gasteiger partial charge in [0.15, 0.2) is 0 Å². The summed E-state index contributed by atoms with van der Waals surface area (Å²) in [5.74, 6) is 0.986. The second kappa shape index (κ2) is 8.22. The Bertz CT molecular complexity index is 790. The topological polar surface area (TPSA) is 47.6 Å². The van der Waals surface area contributed by atoms with Gasteiger partial charge in [-0.05, 0) is 58.3 Å². The molecule has 24 heavy (non-hydrogen) atoms. The van der Waals surface area contributed by atoms with E-state index >= 15 is 0 Å². The number of amides is 1. The second-order valence-electron chi connectivity index (χ2n) is 5.02. The molecule has 6 heteroatoms. The number of benzene rings is 2. The number of halogens is 2. The molecule has 2 aromatic carbocycles. The minimum atomic E-state index is -0.262. The fourth-order valence-corrected chi connectivity index (χ4v) is 2.77. The van der Waals surface area contributed by atoms with Gasteiger partial charge in [-0.2, -0.15) is 0 Å². The molecule has 0 bridgehead atoms. The van der Waals surface area contributed by atoms with Gasteiger partial charge in [0.1, 0.15) is 11.5 Å². The highest BCUT2D eigenvalue weighted by molar-refractivity contribution is 9.10. The van der Waals surface area contributed by atoms with Crippen molar-refractivity contribution in [2.24, 2.45) is 0 Å². The first-order valence-corrected chi connectivity index (χ1v) is 8.28. The molecule has 0 aliphatic carbocycles. The quantitative estimate of drug-likeness (QED) is 0.699. The van der Waals surface area contributed by atoms with Crippen LogP contribution in [-0.2, 0) is 4.79 Å². The van der Waals surface area contributed by atoms with Crippen LogP contribution < -0.4 is 14.8 Å². The van der Waals surface area contributed by atoms with Crippen LogP contribution in [0.1, 0.15) is 11.1 Å². The van der Waals surface area contributed by atoms with E-state index in [4.69, 9.17) is 21.1 Å². The summed E-state index contributed by atoms with van der Waals surface area (Å²) in [5.41, 5.74) is 2.30. The Morgan fingerprint density at radius 1 is 1.17 bits per heavy atom.